The Kier molecular flexibility index (Phi) is 7.64. The summed E-state index contributed by atoms with van der Waals surface area (Å²) in [6.07, 6.45) is 4.17. The number of hydrogen-bond donors (Lipinski definition) is 4. The lowest BCUT2D eigenvalue weighted by Gasteiger charge is -2.35. The fourth-order valence-corrected chi connectivity index (χ4v) is 4.71. The number of nitrogens with one attached hydrogen (secondary N) is 2. The van der Waals surface area contributed by atoms with Gasteiger partial charge in [0.25, 0.3) is 5.91 Å². The molecule has 7 heteroatoms. The van der Waals surface area contributed by atoms with Crippen LogP contribution in [0.3, 0.4) is 0 Å². The molecule has 2 heterocycles. The lowest BCUT2D eigenvalue weighted by molar-refractivity contribution is -0.650. The molecule has 2 amide bonds. The van der Waals surface area contributed by atoms with E-state index < -0.39 is 6.23 Å². The third-order valence-electron chi connectivity index (χ3n) is 6.39. The number of carbonyl (C=O) groups excluding carboxylic acids is 2. The van der Waals surface area contributed by atoms with Crippen LogP contribution in [-0.2, 0) is 16.1 Å². The summed E-state index contributed by atoms with van der Waals surface area (Å²) in [5, 5.41) is 19.1. The fraction of sp³-hybridized carbons (Fsp3) is 0.636. The number of fused-ring (bicyclic) bond motifs is 1. The maximum absolute atomic E-state index is 12.9. The molecule has 29 heavy (non-hydrogen) atoms. The number of aliphatic hydroxyl groups is 1. The van der Waals surface area contributed by atoms with Crippen LogP contribution in [0.15, 0.2) is 30.3 Å². The van der Waals surface area contributed by atoms with E-state index in [-0.39, 0.29) is 36.0 Å². The first-order chi connectivity index (χ1) is 14.0. The lowest BCUT2D eigenvalue weighted by atomic mass is 10.0. The van der Waals surface area contributed by atoms with E-state index in [9.17, 15) is 14.7 Å². The Morgan fingerprint density at radius 3 is 2.66 bits per heavy atom. The summed E-state index contributed by atoms with van der Waals surface area (Å²) >= 11 is 0. The highest BCUT2D eigenvalue weighted by Gasteiger charge is 2.45. The second kappa shape index (κ2) is 10.2. The molecule has 0 aliphatic carbocycles. The van der Waals surface area contributed by atoms with Crippen LogP contribution in [0.1, 0.15) is 51.0 Å². The van der Waals surface area contributed by atoms with Crippen molar-refractivity contribution in [2.75, 3.05) is 7.05 Å². The van der Waals surface area contributed by atoms with Crippen molar-refractivity contribution < 1.29 is 20.0 Å². The van der Waals surface area contributed by atoms with Crippen molar-refractivity contribution in [1.29, 1.82) is 0 Å². The van der Waals surface area contributed by atoms with Crippen LogP contribution in [0, 0.1) is 0 Å². The van der Waals surface area contributed by atoms with E-state index in [1.165, 1.54) is 0 Å². The highest BCUT2D eigenvalue weighted by Crippen LogP contribution is 2.33. The number of nitrogens with zero attached hydrogens (tertiary/aromatic N) is 1. The first kappa shape index (κ1) is 21.7. The minimum absolute atomic E-state index is 0.0400. The summed E-state index contributed by atoms with van der Waals surface area (Å²) in [4.78, 5) is 27.4. The minimum atomic E-state index is -0.837. The normalized spacial score (nSPS) is 28.2. The molecule has 0 spiro atoms. The van der Waals surface area contributed by atoms with E-state index in [2.05, 4.69) is 10.6 Å². The van der Waals surface area contributed by atoms with Gasteiger partial charge in [-0.15, -0.1) is 0 Å². The lowest BCUT2D eigenvalue weighted by Crippen LogP contribution is -2.89. The predicted molar refractivity (Wildman–Crippen MR) is 111 cm³/mol. The van der Waals surface area contributed by atoms with Crippen molar-refractivity contribution in [3.05, 3.63) is 35.9 Å². The van der Waals surface area contributed by atoms with Gasteiger partial charge < -0.3 is 21.1 Å². The first-order valence-electron chi connectivity index (χ1n) is 10.9. The van der Waals surface area contributed by atoms with Gasteiger partial charge in [0.05, 0.1) is 19.1 Å². The average Bonchev–Trinajstić information content (AvgIpc) is 3.10. The minimum Gasteiger partial charge on any atom is -0.376 e. The second-order valence-corrected chi connectivity index (χ2v) is 8.21. The summed E-state index contributed by atoms with van der Waals surface area (Å²) < 4.78 is 0. The zero-order valence-electron chi connectivity index (χ0n) is 17.5. The summed E-state index contributed by atoms with van der Waals surface area (Å²) in [5.74, 6) is -0.0857. The molecule has 2 aliphatic rings. The number of amides is 2. The van der Waals surface area contributed by atoms with Gasteiger partial charge in [-0.1, -0.05) is 37.3 Å². The third kappa shape index (κ3) is 5.15. The zero-order chi connectivity index (χ0) is 20.8. The van der Waals surface area contributed by atoms with Crippen molar-refractivity contribution in [1.82, 2.24) is 15.5 Å². The first-order valence-corrected chi connectivity index (χ1v) is 10.9. The highest BCUT2D eigenvalue weighted by molar-refractivity contribution is 5.82. The van der Waals surface area contributed by atoms with Gasteiger partial charge >= 0.3 is 0 Å². The Hall–Kier alpha value is -1.96. The van der Waals surface area contributed by atoms with Crippen molar-refractivity contribution in [2.24, 2.45) is 0 Å². The number of benzene rings is 1. The molecule has 2 fully saturated rings. The standard InChI is InChI=1S/C22H34N4O3/c1-3-17(23-2)20(27)25-18-11-7-10-16-12-13-19(26(16)22(18)29)21(28)24-14-15-8-5-4-6-9-15/h4-6,8-9,16-19,22-23,29H,3,7,10-14H2,1-2H3,(H,24,28)(H,25,27)/p+1/t16-,17-,18-,19-,22+/m0/s1. The van der Waals surface area contributed by atoms with Crippen LogP contribution in [0.25, 0.3) is 0 Å². The molecule has 2 saturated heterocycles. The Balaban J connectivity index is 1.65. The molecule has 1 aromatic rings. The van der Waals surface area contributed by atoms with Crippen LogP contribution in [0.5, 0.6) is 0 Å². The van der Waals surface area contributed by atoms with E-state index >= 15 is 0 Å². The molecule has 1 aromatic carbocycles. The smallest absolute Gasteiger partial charge is 0.278 e. The molecule has 7 nitrogen and oxygen atoms in total. The van der Waals surface area contributed by atoms with Crippen molar-refractivity contribution in [2.45, 2.75) is 82.4 Å². The van der Waals surface area contributed by atoms with E-state index in [0.717, 1.165) is 44.1 Å². The van der Waals surface area contributed by atoms with Gasteiger partial charge in [-0.25, -0.2) is 0 Å². The van der Waals surface area contributed by atoms with Crippen LogP contribution in [0.4, 0.5) is 0 Å². The topological polar surface area (TPSA) is 98.3 Å². The molecule has 5 atom stereocenters. The quantitative estimate of drug-likeness (QED) is 0.519. The van der Waals surface area contributed by atoms with Crippen molar-refractivity contribution in [3.8, 4) is 0 Å². The van der Waals surface area contributed by atoms with Gasteiger partial charge in [-0.05, 0) is 37.7 Å². The predicted octanol–water partition coefficient (Wildman–Crippen LogP) is 0.0947. The van der Waals surface area contributed by atoms with Crippen molar-refractivity contribution in [3.63, 3.8) is 0 Å². The monoisotopic (exact) mass is 403 g/mol. The number of likely N-dealkylation sites (N-methyl/N-ethyl adjacent to an activating group) is 1. The Morgan fingerprint density at radius 1 is 1.21 bits per heavy atom. The number of rotatable bonds is 7. The number of hydrogen-bond acceptors (Lipinski definition) is 4. The molecule has 0 unspecified atom stereocenters. The number of aliphatic hydroxyl groups excluding tert-OH is 1. The van der Waals surface area contributed by atoms with Gasteiger partial charge in [0.1, 0.15) is 6.23 Å². The average molecular weight is 404 g/mol. The summed E-state index contributed by atoms with van der Waals surface area (Å²) in [6, 6.07) is 9.18. The molecule has 160 valence electrons. The maximum Gasteiger partial charge on any atom is 0.278 e. The summed E-state index contributed by atoms with van der Waals surface area (Å²) in [5.41, 5.74) is 1.05. The van der Waals surface area contributed by atoms with Crippen molar-refractivity contribution >= 4 is 11.8 Å². The Bertz CT molecular complexity index is 680. The molecular weight excluding hydrogens is 368 g/mol. The molecular formula is C22H35N4O3+. The van der Waals surface area contributed by atoms with Crippen LogP contribution >= 0.6 is 0 Å². The molecule has 3 rings (SSSR count). The molecule has 0 radical (unpaired) electrons. The van der Waals surface area contributed by atoms with E-state index in [1.807, 2.05) is 54.5 Å². The second-order valence-electron chi connectivity index (χ2n) is 8.21. The summed E-state index contributed by atoms with van der Waals surface area (Å²) in [7, 11) is 1.89. The summed E-state index contributed by atoms with van der Waals surface area (Å²) in [6.45, 7) is 2.47. The fourth-order valence-electron chi connectivity index (χ4n) is 4.71. The van der Waals surface area contributed by atoms with E-state index in [0.29, 0.717) is 6.54 Å². The highest BCUT2D eigenvalue weighted by atomic mass is 16.3. The largest absolute Gasteiger partial charge is 0.376 e. The van der Waals surface area contributed by atoms with Gasteiger partial charge in [0.2, 0.25) is 5.91 Å². The Morgan fingerprint density at radius 2 is 1.97 bits per heavy atom. The van der Waals surface area contributed by atoms with E-state index in [1.54, 1.807) is 0 Å². The number of nitrogens with two attached hydrogens (primary N) is 1. The van der Waals surface area contributed by atoms with Crippen LogP contribution in [-0.4, -0.2) is 59.3 Å². The maximum atomic E-state index is 12.9. The Labute approximate surface area is 173 Å². The number of carbonyl (C=O) groups is 2. The zero-order valence-corrected chi connectivity index (χ0v) is 17.5. The SMILES string of the molecule is CC[C@H]([NH2+]C)C(=O)N[C@H]1CCC[C@H]2CC[C@@H](C(=O)NCc3ccccc3)N2[C@@H]1O. The van der Waals surface area contributed by atoms with Crippen LogP contribution < -0.4 is 16.0 Å². The van der Waals surface area contributed by atoms with Gasteiger partial charge in [0.15, 0.2) is 6.04 Å². The van der Waals surface area contributed by atoms with Gasteiger partial charge in [-0.2, -0.15) is 0 Å². The molecule has 0 aromatic heterocycles. The third-order valence-corrected chi connectivity index (χ3v) is 6.39. The van der Waals surface area contributed by atoms with Gasteiger partial charge in [0, 0.05) is 19.0 Å². The molecule has 2 aliphatic heterocycles. The molecule has 5 N–H and O–H groups in total. The van der Waals surface area contributed by atoms with Gasteiger partial charge in [-0.3, -0.25) is 14.5 Å². The molecule has 0 bridgehead atoms. The molecule has 0 saturated carbocycles. The number of quaternary nitrogens is 1. The van der Waals surface area contributed by atoms with E-state index in [4.69, 9.17) is 0 Å². The van der Waals surface area contributed by atoms with Crippen LogP contribution in [0.2, 0.25) is 0 Å².